The van der Waals surface area contributed by atoms with Crippen LogP contribution >= 0.6 is 0 Å². The zero-order chi connectivity index (χ0) is 19.2. The number of benzene rings is 1. The van der Waals surface area contributed by atoms with Crippen LogP contribution in [0.3, 0.4) is 0 Å². The van der Waals surface area contributed by atoms with Gasteiger partial charge in [0.15, 0.2) is 9.84 Å². The Labute approximate surface area is 157 Å². The summed E-state index contributed by atoms with van der Waals surface area (Å²) < 4.78 is 26.2. The maximum atomic E-state index is 13.1. The van der Waals surface area contributed by atoms with Crippen molar-refractivity contribution in [1.29, 1.82) is 0 Å². The van der Waals surface area contributed by atoms with Crippen LogP contribution in [0, 0.1) is 5.92 Å². The number of hydrogen-bond donors (Lipinski definition) is 2. The molecule has 0 heterocycles. The molecule has 1 aromatic rings. The molecule has 1 aliphatic rings. The number of rotatable bonds is 8. The van der Waals surface area contributed by atoms with Gasteiger partial charge in [-0.1, -0.05) is 52.2 Å². The first-order valence-corrected chi connectivity index (χ1v) is 11.3. The summed E-state index contributed by atoms with van der Waals surface area (Å²) in [5.41, 5.74) is 1.70. The van der Waals surface area contributed by atoms with Gasteiger partial charge in [0.1, 0.15) is 5.25 Å². The molecular formula is C20H32N2O3S. The number of sulfone groups is 1. The van der Waals surface area contributed by atoms with Gasteiger partial charge < -0.3 is 10.6 Å². The third-order valence-electron chi connectivity index (χ3n) is 5.01. The molecule has 0 radical (unpaired) electrons. The largest absolute Gasteiger partial charge is 0.325 e. The molecule has 1 fully saturated rings. The first-order chi connectivity index (χ1) is 12.4. The normalized spacial score (nSPS) is 17.2. The van der Waals surface area contributed by atoms with E-state index < -0.39 is 21.0 Å². The standard InChI is InChI=1S/C20H32N2O3S/c1-4-21-14-16-9-8-10-17(13-16)22-20(23)19(15(2)3)26(24,25)18-11-6-5-7-12-18/h8-10,13,15,18-19,21H,4-7,11-12,14H2,1-3H3,(H,22,23). The van der Waals surface area contributed by atoms with Crippen LogP contribution in [-0.4, -0.2) is 31.4 Å². The Morgan fingerprint density at radius 3 is 2.50 bits per heavy atom. The average Bonchev–Trinajstić information content (AvgIpc) is 2.60. The van der Waals surface area contributed by atoms with E-state index in [2.05, 4.69) is 10.6 Å². The second-order valence-corrected chi connectivity index (χ2v) is 9.84. The van der Waals surface area contributed by atoms with Crippen LogP contribution in [0.25, 0.3) is 0 Å². The Morgan fingerprint density at radius 2 is 1.88 bits per heavy atom. The van der Waals surface area contributed by atoms with E-state index in [-0.39, 0.29) is 11.2 Å². The fourth-order valence-electron chi connectivity index (χ4n) is 3.67. The van der Waals surface area contributed by atoms with Gasteiger partial charge in [-0.3, -0.25) is 4.79 Å². The molecule has 1 amide bonds. The highest BCUT2D eigenvalue weighted by molar-refractivity contribution is 7.93. The Bertz CT molecular complexity index is 695. The molecule has 1 atom stereocenters. The molecule has 2 rings (SSSR count). The predicted molar refractivity (Wildman–Crippen MR) is 107 cm³/mol. The van der Waals surface area contributed by atoms with Crippen molar-refractivity contribution in [1.82, 2.24) is 5.32 Å². The second-order valence-electron chi connectivity index (χ2n) is 7.48. The summed E-state index contributed by atoms with van der Waals surface area (Å²) in [6.07, 6.45) is 4.31. The van der Waals surface area contributed by atoms with Crippen LogP contribution in [0.4, 0.5) is 5.69 Å². The third kappa shape index (κ3) is 5.30. The average molecular weight is 381 g/mol. The molecule has 146 valence electrons. The van der Waals surface area contributed by atoms with E-state index in [1.54, 1.807) is 6.07 Å². The van der Waals surface area contributed by atoms with E-state index in [4.69, 9.17) is 0 Å². The van der Waals surface area contributed by atoms with Crippen LogP contribution in [0.5, 0.6) is 0 Å². The fraction of sp³-hybridized carbons (Fsp3) is 0.650. The van der Waals surface area contributed by atoms with Crippen molar-refractivity contribution < 1.29 is 13.2 Å². The fourth-order valence-corrected chi connectivity index (χ4v) is 6.20. The lowest BCUT2D eigenvalue weighted by atomic mass is 10.0. The summed E-state index contributed by atoms with van der Waals surface area (Å²) in [4.78, 5) is 12.9. The maximum absolute atomic E-state index is 13.1. The zero-order valence-electron chi connectivity index (χ0n) is 16.1. The van der Waals surface area contributed by atoms with E-state index in [9.17, 15) is 13.2 Å². The van der Waals surface area contributed by atoms with Gasteiger partial charge in [-0.2, -0.15) is 0 Å². The van der Waals surface area contributed by atoms with Gasteiger partial charge in [0.05, 0.1) is 5.25 Å². The van der Waals surface area contributed by atoms with Gasteiger partial charge in [0.2, 0.25) is 5.91 Å². The molecular weight excluding hydrogens is 348 g/mol. The maximum Gasteiger partial charge on any atom is 0.242 e. The smallest absolute Gasteiger partial charge is 0.242 e. The summed E-state index contributed by atoms with van der Waals surface area (Å²) >= 11 is 0. The molecule has 1 unspecified atom stereocenters. The predicted octanol–water partition coefficient (Wildman–Crippen LogP) is 3.51. The highest BCUT2D eigenvalue weighted by atomic mass is 32.2. The number of nitrogens with one attached hydrogen (secondary N) is 2. The monoisotopic (exact) mass is 380 g/mol. The number of carbonyl (C=O) groups excluding carboxylic acids is 1. The summed E-state index contributed by atoms with van der Waals surface area (Å²) in [7, 11) is -3.49. The van der Waals surface area contributed by atoms with E-state index in [1.165, 1.54) is 0 Å². The van der Waals surface area contributed by atoms with E-state index >= 15 is 0 Å². The number of hydrogen-bond acceptors (Lipinski definition) is 4. The minimum atomic E-state index is -3.49. The van der Waals surface area contributed by atoms with E-state index in [0.29, 0.717) is 25.1 Å². The minimum Gasteiger partial charge on any atom is -0.325 e. The van der Waals surface area contributed by atoms with Crippen molar-refractivity contribution in [2.24, 2.45) is 5.92 Å². The highest BCUT2D eigenvalue weighted by Crippen LogP contribution is 2.29. The molecule has 0 saturated heterocycles. The van der Waals surface area contributed by atoms with Crippen molar-refractivity contribution in [3.05, 3.63) is 29.8 Å². The van der Waals surface area contributed by atoms with Crippen molar-refractivity contribution in [2.75, 3.05) is 11.9 Å². The van der Waals surface area contributed by atoms with Crippen molar-refractivity contribution in [3.8, 4) is 0 Å². The van der Waals surface area contributed by atoms with E-state index in [0.717, 1.165) is 31.4 Å². The van der Waals surface area contributed by atoms with Gasteiger partial charge in [-0.25, -0.2) is 8.42 Å². The number of anilines is 1. The first kappa shape index (κ1) is 20.9. The summed E-state index contributed by atoms with van der Waals surface area (Å²) in [6, 6.07) is 7.56. The molecule has 5 nitrogen and oxygen atoms in total. The Morgan fingerprint density at radius 1 is 1.19 bits per heavy atom. The molecule has 1 aliphatic carbocycles. The minimum absolute atomic E-state index is 0.258. The summed E-state index contributed by atoms with van der Waals surface area (Å²) in [5, 5.41) is 4.71. The molecule has 1 saturated carbocycles. The molecule has 0 spiro atoms. The lowest BCUT2D eigenvalue weighted by Gasteiger charge is -2.28. The Kier molecular flexibility index (Phi) is 7.65. The SMILES string of the molecule is CCNCc1cccc(NC(=O)C(C(C)C)S(=O)(=O)C2CCCCC2)c1. The van der Waals surface area contributed by atoms with Crippen LogP contribution < -0.4 is 10.6 Å². The van der Waals surface area contributed by atoms with Gasteiger partial charge in [0.25, 0.3) is 0 Å². The zero-order valence-corrected chi connectivity index (χ0v) is 16.9. The molecule has 0 aliphatic heterocycles. The third-order valence-corrected chi connectivity index (χ3v) is 7.88. The summed E-state index contributed by atoms with van der Waals surface area (Å²) in [6.45, 7) is 7.24. The van der Waals surface area contributed by atoms with Gasteiger partial charge in [-0.15, -0.1) is 0 Å². The number of carbonyl (C=O) groups is 1. The van der Waals surface area contributed by atoms with Crippen LogP contribution in [0.1, 0.15) is 58.4 Å². The lowest BCUT2D eigenvalue weighted by Crippen LogP contribution is -2.44. The highest BCUT2D eigenvalue weighted by Gasteiger charge is 2.41. The Balaban J connectivity index is 2.16. The lowest BCUT2D eigenvalue weighted by molar-refractivity contribution is -0.116. The van der Waals surface area contributed by atoms with E-state index in [1.807, 2.05) is 39.0 Å². The molecule has 26 heavy (non-hydrogen) atoms. The van der Waals surface area contributed by atoms with Gasteiger partial charge in [0, 0.05) is 12.2 Å². The number of amides is 1. The van der Waals surface area contributed by atoms with Gasteiger partial charge in [-0.05, 0) is 43.0 Å². The molecule has 0 aromatic heterocycles. The molecule has 0 bridgehead atoms. The van der Waals surface area contributed by atoms with Crippen molar-refractivity contribution in [2.45, 2.75) is 69.9 Å². The van der Waals surface area contributed by atoms with Gasteiger partial charge >= 0.3 is 0 Å². The van der Waals surface area contributed by atoms with Crippen LogP contribution in [0.15, 0.2) is 24.3 Å². The topological polar surface area (TPSA) is 75.3 Å². The second kappa shape index (κ2) is 9.51. The molecule has 1 aromatic carbocycles. The van der Waals surface area contributed by atoms with Crippen LogP contribution in [0.2, 0.25) is 0 Å². The quantitative estimate of drug-likeness (QED) is 0.724. The van der Waals surface area contributed by atoms with Crippen LogP contribution in [-0.2, 0) is 21.2 Å². The molecule has 6 heteroatoms. The Hall–Kier alpha value is -1.40. The summed E-state index contributed by atoms with van der Waals surface area (Å²) in [5.74, 6) is -0.668. The van der Waals surface area contributed by atoms with Crippen molar-refractivity contribution in [3.63, 3.8) is 0 Å². The first-order valence-electron chi connectivity index (χ1n) is 9.69. The van der Waals surface area contributed by atoms with Crippen molar-refractivity contribution >= 4 is 21.4 Å². The molecule has 2 N–H and O–H groups in total.